The van der Waals surface area contributed by atoms with Gasteiger partial charge < -0.3 is 30.2 Å². The Labute approximate surface area is 366 Å². The van der Waals surface area contributed by atoms with Crippen molar-refractivity contribution in [2.45, 2.75) is 89.4 Å². The first-order chi connectivity index (χ1) is 30.4. The largest absolute Gasteiger partial charge is 0.496 e. The van der Waals surface area contributed by atoms with Gasteiger partial charge in [0.2, 0.25) is 17.7 Å². The van der Waals surface area contributed by atoms with Crippen LogP contribution in [0.5, 0.6) is 11.6 Å². The van der Waals surface area contributed by atoms with Gasteiger partial charge in [-0.2, -0.15) is 0 Å². The lowest BCUT2D eigenvalue weighted by Gasteiger charge is -2.29. The molecule has 1 saturated carbocycles. The highest BCUT2D eigenvalue weighted by atomic mass is 19.1. The number of fused-ring (bicyclic) bond motifs is 2. The number of aromatic nitrogens is 3. The maximum atomic E-state index is 14.4. The molecule has 2 aromatic carbocycles. The van der Waals surface area contributed by atoms with Gasteiger partial charge in [0.1, 0.15) is 18.4 Å². The van der Waals surface area contributed by atoms with Gasteiger partial charge in [-0.1, -0.05) is 24.8 Å². The van der Waals surface area contributed by atoms with Crippen LogP contribution in [0.2, 0.25) is 0 Å². The summed E-state index contributed by atoms with van der Waals surface area (Å²) in [6.07, 6.45) is 7.73. The first kappa shape index (κ1) is 45.2. The number of imide groups is 1. The number of halogens is 1. The van der Waals surface area contributed by atoms with E-state index in [0.717, 1.165) is 69.1 Å². The normalized spacial score (nSPS) is 22.5. The molecule has 0 radical (unpaired) electrons. The fraction of sp³-hybridized carbons (Fsp3) is 0.532. The minimum atomic E-state index is -1.58. The van der Waals surface area contributed by atoms with E-state index in [2.05, 4.69) is 39.4 Å². The molecule has 2 saturated heterocycles. The molecule has 2 aromatic heterocycles. The van der Waals surface area contributed by atoms with Crippen molar-refractivity contribution in [1.82, 2.24) is 29.7 Å². The van der Waals surface area contributed by atoms with Gasteiger partial charge >= 0.3 is 5.69 Å². The van der Waals surface area contributed by atoms with Crippen molar-refractivity contribution < 1.29 is 37.8 Å². The summed E-state index contributed by atoms with van der Waals surface area (Å²) in [5.41, 5.74) is 8.81. The van der Waals surface area contributed by atoms with Crippen molar-refractivity contribution in [1.29, 1.82) is 0 Å². The molecule has 63 heavy (non-hydrogen) atoms. The SMILES string of the molecule is CC[C@@H]1[C@H](F)C(=O)N[C@@H]1COc1ncc(C#CC2CCC(CN(C)CCCOCCCc3ccc4c(c3)n(C)c(=O)n4C3CCC(=O)NC3=O)CC2)c2cc(C(N)=O)c(OC)cc12. The Hall–Kier alpha value is -5.79. The molecule has 1 aliphatic carbocycles. The molecule has 0 bridgehead atoms. The van der Waals surface area contributed by atoms with Crippen molar-refractivity contribution in [3.05, 3.63) is 63.7 Å². The number of nitrogens with two attached hydrogens (primary N) is 1. The summed E-state index contributed by atoms with van der Waals surface area (Å²) >= 11 is 0. The minimum absolute atomic E-state index is 0.0321. The third-order valence-electron chi connectivity index (χ3n) is 12.9. The number of nitrogens with zero attached hydrogens (tertiary/aromatic N) is 4. The lowest BCUT2D eigenvalue weighted by Crippen LogP contribution is -2.44. The summed E-state index contributed by atoms with van der Waals surface area (Å²) < 4.78 is 35.0. The van der Waals surface area contributed by atoms with Crippen LogP contribution in [0.4, 0.5) is 4.39 Å². The Morgan fingerprint density at radius 3 is 2.52 bits per heavy atom. The van der Waals surface area contributed by atoms with Crippen LogP contribution in [-0.2, 0) is 32.6 Å². The number of carbonyl (C=O) groups is 4. The van der Waals surface area contributed by atoms with Gasteiger partial charge in [-0.15, -0.1) is 0 Å². The highest BCUT2D eigenvalue weighted by molar-refractivity contribution is 6.03. The summed E-state index contributed by atoms with van der Waals surface area (Å²) in [4.78, 5) is 68.5. The fourth-order valence-corrected chi connectivity index (χ4v) is 9.32. The molecular formula is C47H58FN7O8. The van der Waals surface area contributed by atoms with Crippen LogP contribution in [-0.4, -0.2) is 102 Å². The molecule has 0 spiro atoms. The number of ether oxygens (including phenoxy) is 3. The Balaban J connectivity index is 0.851. The number of primary amides is 1. The number of hydrogen-bond donors (Lipinski definition) is 3. The quantitative estimate of drug-likeness (QED) is 0.0783. The number of hydrogen-bond acceptors (Lipinski definition) is 10. The second kappa shape index (κ2) is 20.2. The highest BCUT2D eigenvalue weighted by Gasteiger charge is 2.42. The van der Waals surface area contributed by atoms with Crippen molar-refractivity contribution in [3.63, 3.8) is 0 Å². The molecule has 3 aliphatic rings. The van der Waals surface area contributed by atoms with Crippen molar-refractivity contribution in [2.75, 3.05) is 47.1 Å². The molecule has 16 heteroatoms. The molecule has 4 amide bonds. The van der Waals surface area contributed by atoms with Gasteiger partial charge in [-0.25, -0.2) is 14.2 Å². The number of pyridine rings is 1. The van der Waals surface area contributed by atoms with Crippen LogP contribution >= 0.6 is 0 Å². The Kier molecular flexibility index (Phi) is 14.5. The highest BCUT2D eigenvalue weighted by Crippen LogP contribution is 2.35. The average Bonchev–Trinajstić information content (AvgIpc) is 3.69. The van der Waals surface area contributed by atoms with Crippen LogP contribution < -0.4 is 31.5 Å². The monoisotopic (exact) mass is 867 g/mol. The lowest BCUT2D eigenvalue weighted by molar-refractivity contribution is -0.135. The van der Waals surface area contributed by atoms with E-state index in [1.807, 2.05) is 25.1 Å². The molecule has 336 valence electrons. The minimum Gasteiger partial charge on any atom is -0.496 e. The first-order valence-electron chi connectivity index (χ1n) is 22.1. The summed E-state index contributed by atoms with van der Waals surface area (Å²) in [5.74, 6) is 5.60. The molecule has 4 N–H and O–H groups in total. The van der Waals surface area contributed by atoms with E-state index < -0.39 is 41.9 Å². The molecular weight excluding hydrogens is 810 g/mol. The van der Waals surface area contributed by atoms with Gasteiger partial charge in [-0.3, -0.25) is 33.6 Å². The van der Waals surface area contributed by atoms with E-state index in [-0.39, 0.29) is 47.7 Å². The summed E-state index contributed by atoms with van der Waals surface area (Å²) in [6, 6.07) is 7.98. The van der Waals surface area contributed by atoms with Crippen LogP contribution in [0.1, 0.15) is 92.2 Å². The van der Waals surface area contributed by atoms with E-state index in [4.69, 9.17) is 19.9 Å². The number of imidazole rings is 1. The molecule has 4 heterocycles. The number of nitrogens with one attached hydrogen (secondary N) is 2. The Morgan fingerprint density at radius 1 is 1.02 bits per heavy atom. The zero-order chi connectivity index (χ0) is 44.8. The average molecular weight is 868 g/mol. The molecule has 7 rings (SSSR count). The molecule has 15 nitrogen and oxygen atoms in total. The summed E-state index contributed by atoms with van der Waals surface area (Å²) in [5, 5.41) is 6.24. The van der Waals surface area contributed by atoms with Crippen molar-refractivity contribution in [2.24, 2.45) is 30.5 Å². The van der Waals surface area contributed by atoms with Gasteiger partial charge in [-0.05, 0) is 101 Å². The predicted octanol–water partition coefficient (Wildman–Crippen LogP) is 4.34. The Bertz CT molecular complexity index is 2480. The van der Waals surface area contributed by atoms with Gasteiger partial charge in [0.25, 0.3) is 11.8 Å². The number of benzene rings is 2. The molecule has 3 fully saturated rings. The number of amides is 4. The van der Waals surface area contributed by atoms with Gasteiger partial charge in [0, 0.05) is 68.6 Å². The number of rotatable bonds is 17. The summed E-state index contributed by atoms with van der Waals surface area (Å²) in [7, 11) is 5.31. The molecule has 4 aromatic rings. The number of piperidine rings is 1. The zero-order valence-corrected chi connectivity index (χ0v) is 36.5. The van der Waals surface area contributed by atoms with Crippen LogP contribution in [0.25, 0.3) is 21.8 Å². The third-order valence-corrected chi connectivity index (χ3v) is 12.9. The van der Waals surface area contributed by atoms with E-state index in [0.29, 0.717) is 53.8 Å². The van der Waals surface area contributed by atoms with Gasteiger partial charge in [0.05, 0.1) is 35.3 Å². The maximum absolute atomic E-state index is 14.4. The lowest BCUT2D eigenvalue weighted by atomic mass is 9.82. The standard InChI is InChI=1S/C47H58FN7O8/c1-5-32-36(51-45(59)42(32)48)27-63-46-34-24-40(61-4)35(43(49)57)23-33(34)31(25-50-46)15-13-28-9-11-30(12-10-28)26-53(2)19-7-21-62-20-6-8-29-14-16-37-39(22-29)54(3)47(60)55(37)38-17-18-41(56)52-44(38)58/h14,16,22-25,28,30,32,36,38,42H,5-12,17-21,26-27H2,1-4H3,(H2,49,57)(H,51,59)(H,52,56,58)/t28?,30?,32-,36+,38?,42-/m0/s1. The van der Waals surface area contributed by atoms with Crippen molar-refractivity contribution >= 4 is 45.4 Å². The van der Waals surface area contributed by atoms with E-state index in [1.165, 1.54) is 11.7 Å². The molecule has 2 aliphatic heterocycles. The predicted molar refractivity (Wildman–Crippen MR) is 235 cm³/mol. The topological polar surface area (TPSA) is 189 Å². The number of aryl methyl sites for hydroxylation is 2. The van der Waals surface area contributed by atoms with E-state index in [9.17, 15) is 28.4 Å². The van der Waals surface area contributed by atoms with E-state index in [1.54, 1.807) is 29.9 Å². The first-order valence-corrected chi connectivity index (χ1v) is 22.1. The van der Waals surface area contributed by atoms with Crippen LogP contribution in [0, 0.1) is 29.6 Å². The molecule has 1 unspecified atom stereocenters. The summed E-state index contributed by atoms with van der Waals surface area (Å²) in [6.45, 7) is 5.14. The van der Waals surface area contributed by atoms with Gasteiger partial charge in [0.15, 0.2) is 6.17 Å². The molecule has 4 atom stereocenters. The number of carbonyl (C=O) groups excluding carboxylic acids is 4. The smallest absolute Gasteiger partial charge is 0.329 e. The van der Waals surface area contributed by atoms with Crippen LogP contribution in [0.3, 0.4) is 0 Å². The number of methoxy groups -OCH3 is 1. The third kappa shape index (κ3) is 10.2. The maximum Gasteiger partial charge on any atom is 0.329 e. The number of alkyl halides is 1. The zero-order valence-electron chi connectivity index (χ0n) is 36.5. The van der Waals surface area contributed by atoms with Crippen molar-refractivity contribution in [3.8, 4) is 23.5 Å². The second-order valence-electron chi connectivity index (χ2n) is 17.2. The fourth-order valence-electron chi connectivity index (χ4n) is 9.32. The Morgan fingerprint density at radius 2 is 1.79 bits per heavy atom. The second-order valence-corrected chi connectivity index (χ2v) is 17.2. The van der Waals surface area contributed by atoms with E-state index >= 15 is 0 Å². The van der Waals surface area contributed by atoms with Crippen LogP contribution in [0.15, 0.2) is 41.3 Å².